The molecule has 1 unspecified atom stereocenters. The van der Waals surface area contributed by atoms with Crippen LogP contribution in [0.1, 0.15) is 12.0 Å². The molecule has 1 aliphatic heterocycles. The van der Waals surface area contributed by atoms with Gasteiger partial charge in [0.15, 0.2) is 0 Å². The molecule has 0 spiro atoms. The number of likely N-dealkylation sites (tertiary alicyclic amines) is 1. The molecule has 0 aromatic carbocycles. The zero-order chi connectivity index (χ0) is 13.2. The van der Waals surface area contributed by atoms with Crippen molar-refractivity contribution in [2.45, 2.75) is 18.4 Å². The van der Waals surface area contributed by atoms with Crippen molar-refractivity contribution >= 4 is 11.9 Å². The number of nitrogens with zero attached hydrogens (tertiary/aromatic N) is 2. The maximum absolute atomic E-state index is 12.0. The first-order valence-corrected chi connectivity index (χ1v) is 5.70. The Bertz CT molecular complexity index is 463. The molecule has 2 heterocycles. The van der Waals surface area contributed by atoms with Crippen LogP contribution in [0, 0.1) is 0 Å². The summed E-state index contributed by atoms with van der Waals surface area (Å²) >= 11 is 0. The van der Waals surface area contributed by atoms with Crippen LogP contribution in [0.4, 0.5) is 0 Å². The van der Waals surface area contributed by atoms with Crippen LogP contribution in [0.15, 0.2) is 24.5 Å². The van der Waals surface area contributed by atoms with E-state index in [9.17, 15) is 9.59 Å². The van der Waals surface area contributed by atoms with Gasteiger partial charge in [0.2, 0.25) is 5.91 Å². The number of hydrogen-bond acceptors (Lipinski definition) is 4. The number of rotatable bonds is 3. The smallest absolute Gasteiger partial charge is 0.325 e. The molecule has 2 rings (SSSR count). The average Bonchev–Trinajstić information content (AvgIpc) is 2.75. The summed E-state index contributed by atoms with van der Waals surface area (Å²) < 4.78 is 0. The first-order chi connectivity index (χ1) is 8.51. The van der Waals surface area contributed by atoms with Crippen LogP contribution < -0.4 is 5.73 Å². The first-order valence-electron chi connectivity index (χ1n) is 5.70. The van der Waals surface area contributed by atoms with E-state index in [1.54, 1.807) is 24.5 Å². The largest absolute Gasteiger partial charge is 0.480 e. The molecule has 1 aromatic heterocycles. The van der Waals surface area contributed by atoms with Gasteiger partial charge in [-0.1, -0.05) is 0 Å². The van der Waals surface area contributed by atoms with E-state index in [0.717, 1.165) is 5.56 Å². The lowest BCUT2D eigenvalue weighted by Gasteiger charge is -2.20. The van der Waals surface area contributed by atoms with Gasteiger partial charge in [-0.25, -0.2) is 0 Å². The quantitative estimate of drug-likeness (QED) is 0.762. The summed E-state index contributed by atoms with van der Waals surface area (Å²) in [5.74, 6) is -1.16. The molecule has 6 heteroatoms. The number of carbonyl (C=O) groups is 2. The van der Waals surface area contributed by atoms with Gasteiger partial charge in [-0.3, -0.25) is 14.6 Å². The molecular weight excluding hydrogens is 234 g/mol. The van der Waals surface area contributed by atoms with Crippen molar-refractivity contribution in [3.8, 4) is 0 Å². The summed E-state index contributed by atoms with van der Waals surface area (Å²) in [6.45, 7) is 0.471. The van der Waals surface area contributed by atoms with E-state index < -0.39 is 11.5 Å². The fraction of sp³-hybridized carbons (Fsp3) is 0.417. The molecule has 96 valence electrons. The molecule has 18 heavy (non-hydrogen) atoms. The lowest BCUT2D eigenvalue weighted by Crippen LogP contribution is -2.50. The predicted octanol–water partition coefficient (Wildman–Crippen LogP) is -0.361. The summed E-state index contributed by atoms with van der Waals surface area (Å²) in [7, 11) is 0. The van der Waals surface area contributed by atoms with Crippen LogP contribution in [0.25, 0.3) is 0 Å². The van der Waals surface area contributed by atoms with E-state index in [1.165, 1.54) is 4.90 Å². The molecule has 1 fully saturated rings. The standard InChI is InChI=1S/C12H15N3O3/c13-12(11(17)18)3-6-15(8-12)10(16)7-9-1-4-14-5-2-9/h1-2,4-5H,3,6-8,13H2,(H,17,18). The summed E-state index contributed by atoms with van der Waals surface area (Å²) in [6, 6.07) is 3.53. The van der Waals surface area contributed by atoms with Crippen molar-refractivity contribution in [3.05, 3.63) is 30.1 Å². The minimum atomic E-state index is -1.30. The Morgan fingerprint density at radius 1 is 1.44 bits per heavy atom. The van der Waals surface area contributed by atoms with E-state index in [4.69, 9.17) is 10.8 Å². The first kappa shape index (κ1) is 12.5. The third-order valence-corrected chi connectivity index (χ3v) is 3.18. The minimum absolute atomic E-state index is 0.0756. The highest BCUT2D eigenvalue weighted by Crippen LogP contribution is 2.19. The van der Waals surface area contributed by atoms with Gasteiger partial charge in [0.25, 0.3) is 0 Å². The number of aromatic nitrogens is 1. The van der Waals surface area contributed by atoms with Crippen molar-refractivity contribution in [3.63, 3.8) is 0 Å². The van der Waals surface area contributed by atoms with Gasteiger partial charge in [-0.2, -0.15) is 0 Å². The monoisotopic (exact) mass is 249 g/mol. The van der Waals surface area contributed by atoms with Crippen LogP contribution in [0.3, 0.4) is 0 Å². The Kier molecular flexibility index (Phi) is 3.29. The van der Waals surface area contributed by atoms with Crippen LogP contribution >= 0.6 is 0 Å². The van der Waals surface area contributed by atoms with Crippen molar-refractivity contribution in [1.29, 1.82) is 0 Å². The summed E-state index contributed by atoms with van der Waals surface area (Å²) in [6.07, 6.45) is 3.79. The van der Waals surface area contributed by atoms with E-state index in [0.29, 0.717) is 13.0 Å². The Balaban J connectivity index is 1.98. The topological polar surface area (TPSA) is 96.5 Å². The second-order valence-corrected chi connectivity index (χ2v) is 4.56. The minimum Gasteiger partial charge on any atom is -0.480 e. The summed E-state index contributed by atoms with van der Waals surface area (Å²) in [5.41, 5.74) is 5.28. The normalized spacial score (nSPS) is 23.1. The fourth-order valence-corrected chi connectivity index (χ4v) is 2.01. The summed E-state index contributed by atoms with van der Waals surface area (Å²) in [5, 5.41) is 8.99. The molecule has 0 radical (unpaired) electrons. The number of carboxylic acid groups (broad SMARTS) is 1. The van der Waals surface area contributed by atoms with Crippen molar-refractivity contribution in [2.24, 2.45) is 5.73 Å². The number of pyridine rings is 1. The van der Waals surface area contributed by atoms with E-state index in [1.807, 2.05) is 0 Å². The number of aliphatic carboxylic acids is 1. The van der Waals surface area contributed by atoms with E-state index in [2.05, 4.69) is 4.98 Å². The maximum Gasteiger partial charge on any atom is 0.325 e. The number of amides is 1. The number of nitrogens with two attached hydrogens (primary N) is 1. The fourth-order valence-electron chi connectivity index (χ4n) is 2.01. The zero-order valence-electron chi connectivity index (χ0n) is 9.87. The SMILES string of the molecule is NC1(C(=O)O)CCN(C(=O)Cc2ccncc2)C1. The van der Waals surface area contributed by atoms with Crippen LogP contribution in [-0.4, -0.2) is 45.5 Å². The molecule has 1 aliphatic rings. The Morgan fingerprint density at radius 2 is 2.11 bits per heavy atom. The number of carbonyl (C=O) groups excluding carboxylic acids is 1. The van der Waals surface area contributed by atoms with Gasteiger partial charge < -0.3 is 15.7 Å². The number of hydrogen-bond donors (Lipinski definition) is 2. The second-order valence-electron chi connectivity index (χ2n) is 4.56. The molecule has 1 aromatic rings. The average molecular weight is 249 g/mol. The van der Waals surface area contributed by atoms with E-state index >= 15 is 0 Å². The van der Waals surface area contributed by atoms with Gasteiger partial charge >= 0.3 is 5.97 Å². The van der Waals surface area contributed by atoms with E-state index in [-0.39, 0.29) is 18.9 Å². The molecule has 1 atom stereocenters. The molecule has 0 saturated carbocycles. The van der Waals surface area contributed by atoms with Gasteiger partial charge in [0.1, 0.15) is 5.54 Å². The van der Waals surface area contributed by atoms with Gasteiger partial charge in [-0.05, 0) is 24.1 Å². The lowest BCUT2D eigenvalue weighted by atomic mass is 10.0. The van der Waals surface area contributed by atoms with Crippen molar-refractivity contribution in [2.75, 3.05) is 13.1 Å². The molecule has 6 nitrogen and oxygen atoms in total. The van der Waals surface area contributed by atoms with Crippen molar-refractivity contribution in [1.82, 2.24) is 9.88 Å². The van der Waals surface area contributed by atoms with Gasteiger partial charge in [0.05, 0.1) is 6.42 Å². The highest BCUT2D eigenvalue weighted by atomic mass is 16.4. The van der Waals surface area contributed by atoms with Crippen LogP contribution in [0.2, 0.25) is 0 Å². The molecule has 0 aliphatic carbocycles. The molecular formula is C12H15N3O3. The molecule has 3 N–H and O–H groups in total. The Labute approximate surface area is 104 Å². The summed E-state index contributed by atoms with van der Waals surface area (Å²) in [4.78, 5) is 28.3. The van der Waals surface area contributed by atoms with Crippen LogP contribution in [-0.2, 0) is 16.0 Å². The maximum atomic E-state index is 12.0. The zero-order valence-corrected chi connectivity index (χ0v) is 9.87. The molecule has 1 saturated heterocycles. The van der Waals surface area contributed by atoms with Crippen LogP contribution in [0.5, 0.6) is 0 Å². The highest BCUT2D eigenvalue weighted by Gasteiger charge is 2.42. The number of carboxylic acids is 1. The van der Waals surface area contributed by atoms with Gasteiger partial charge in [0, 0.05) is 25.5 Å². The third kappa shape index (κ3) is 2.48. The second kappa shape index (κ2) is 4.73. The highest BCUT2D eigenvalue weighted by molar-refractivity contribution is 5.84. The Hall–Kier alpha value is -1.95. The Morgan fingerprint density at radius 3 is 2.67 bits per heavy atom. The molecule has 0 bridgehead atoms. The predicted molar refractivity (Wildman–Crippen MR) is 63.7 cm³/mol. The van der Waals surface area contributed by atoms with Gasteiger partial charge in [-0.15, -0.1) is 0 Å². The molecule has 1 amide bonds. The van der Waals surface area contributed by atoms with Crippen molar-refractivity contribution < 1.29 is 14.7 Å². The third-order valence-electron chi connectivity index (χ3n) is 3.18. The lowest BCUT2D eigenvalue weighted by molar-refractivity contribution is -0.143.